The number of rotatable bonds is 5. The van der Waals surface area contributed by atoms with Gasteiger partial charge in [-0.2, -0.15) is 0 Å². The van der Waals surface area contributed by atoms with Crippen LogP contribution in [0.3, 0.4) is 0 Å². The predicted octanol–water partition coefficient (Wildman–Crippen LogP) is 2.97. The molecule has 1 aromatic carbocycles. The summed E-state index contributed by atoms with van der Waals surface area (Å²) in [6, 6.07) is 9.70. The molecule has 0 aliphatic rings. The first kappa shape index (κ1) is 18.9. The molecule has 6 nitrogen and oxygen atoms in total. The van der Waals surface area contributed by atoms with Crippen molar-refractivity contribution < 1.29 is 18.3 Å². The quantitative estimate of drug-likeness (QED) is 0.883. The van der Waals surface area contributed by atoms with E-state index in [1.165, 1.54) is 18.3 Å². The van der Waals surface area contributed by atoms with Gasteiger partial charge in [0, 0.05) is 5.69 Å². The molecule has 7 heteroatoms. The second-order valence-corrected chi connectivity index (χ2v) is 8.70. The van der Waals surface area contributed by atoms with Gasteiger partial charge in [-0.1, -0.05) is 32.9 Å². The number of aliphatic carboxylic acids is 1. The summed E-state index contributed by atoms with van der Waals surface area (Å²) in [5, 5.41) is 9.13. The fraction of sp³-hybridized carbons (Fsp3) is 0.333. The third kappa shape index (κ3) is 4.36. The average Bonchev–Trinajstić information content (AvgIpc) is 2.52. The molecular weight excluding hydrogens is 340 g/mol. The van der Waals surface area contributed by atoms with E-state index in [9.17, 15) is 13.2 Å². The second-order valence-electron chi connectivity index (χ2n) is 6.84. The van der Waals surface area contributed by atoms with E-state index in [1.807, 2.05) is 20.8 Å². The Bertz CT molecular complexity index is 851. The molecule has 1 N–H and O–H groups in total. The lowest BCUT2D eigenvalue weighted by molar-refractivity contribution is -0.135. The van der Waals surface area contributed by atoms with E-state index in [0.29, 0.717) is 5.69 Å². The van der Waals surface area contributed by atoms with Crippen molar-refractivity contribution in [3.63, 3.8) is 0 Å². The van der Waals surface area contributed by atoms with Gasteiger partial charge in [-0.3, -0.25) is 14.1 Å². The number of carboxylic acids is 1. The van der Waals surface area contributed by atoms with Crippen LogP contribution >= 0.6 is 0 Å². The number of carboxylic acid groups (broad SMARTS) is 1. The lowest BCUT2D eigenvalue weighted by Crippen LogP contribution is -2.35. The molecule has 0 atom stereocenters. The number of sulfonamides is 1. The van der Waals surface area contributed by atoms with Crippen LogP contribution in [0.1, 0.15) is 32.0 Å². The fourth-order valence-corrected chi connectivity index (χ4v) is 3.70. The fourth-order valence-electron chi connectivity index (χ4n) is 2.30. The number of aryl methyl sites for hydroxylation is 1. The van der Waals surface area contributed by atoms with Crippen LogP contribution in [0.15, 0.2) is 47.5 Å². The van der Waals surface area contributed by atoms with Crippen LogP contribution < -0.4 is 4.31 Å². The highest BCUT2D eigenvalue weighted by Crippen LogP contribution is 2.27. The van der Waals surface area contributed by atoms with E-state index in [0.717, 1.165) is 9.87 Å². The molecule has 0 fully saturated rings. The molecule has 2 aromatic rings. The highest BCUT2D eigenvalue weighted by Gasteiger charge is 2.27. The zero-order valence-electron chi connectivity index (χ0n) is 14.7. The number of benzene rings is 1. The van der Waals surface area contributed by atoms with E-state index < -0.39 is 22.5 Å². The minimum atomic E-state index is -4.01. The van der Waals surface area contributed by atoms with Crippen molar-refractivity contribution in [1.29, 1.82) is 0 Å². The molecule has 0 radical (unpaired) electrons. The van der Waals surface area contributed by atoms with Gasteiger partial charge in [0.05, 0.1) is 16.8 Å². The highest BCUT2D eigenvalue weighted by atomic mass is 32.2. The van der Waals surface area contributed by atoms with Crippen LogP contribution in [0.25, 0.3) is 0 Å². The topological polar surface area (TPSA) is 87.6 Å². The molecule has 1 aromatic heterocycles. The second kappa shape index (κ2) is 6.84. The third-order valence-electron chi connectivity index (χ3n) is 3.77. The lowest BCUT2D eigenvalue weighted by atomic mass is 9.87. The average molecular weight is 362 g/mol. The van der Waals surface area contributed by atoms with Crippen LogP contribution in [0.5, 0.6) is 0 Å². The Morgan fingerprint density at radius 2 is 1.72 bits per heavy atom. The minimum absolute atomic E-state index is 0.0438. The van der Waals surface area contributed by atoms with Crippen molar-refractivity contribution in [3.05, 3.63) is 53.9 Å². The van der Waals surface area contributed by atoms with Crippen molar-refractivity contribution in [2.24, 2.45) is 0 Å². The van der Waals surface area contributed by atoms with Crippen LogP contribution in [0, 0.1) is 6.92 Å². The van der Waals surface area contributed by atoms with Crippen molar-refractivity contribution >= 4 is 21.7 Å². The number of hydrogen-bond donors (Lipinski definition) is 1. The lowest BCUT2D eigenvalue weighted by Gasteiger charge is -2.23. The summed E-state index contributed by atoms with van der Waals surface area (Å²) in [4.78, 5) is 15.3. The van der Waals surface area contributed by atoms with Gasteiger partial charge in [0.15, 0.2) is 0 Å². The Morgan fingerprint density at radius 3 is 2.16 bits per heavy atom. The summed E-state index contributed by atoms with van der Waals surface area (Å²) in [6.45, 7) is 7.20. The molecule has 0 amide bonds. The minimum Gasteiger partial charge on any atom is -0.480 e. The Labute approximate surface area is 148 Å². The molecule has 0 saturated heterocycles. The Kier molecular flexibility index (Phi) is 5.17. The summed E-state index contributed by atoms with van der Waals surface area (Å²) in [5.41, 5.74) is 1.82. The molecule has 1 heterocycles. The van der Waals surface area contributed by atoms with Crippen molar-refractivity contribution in [2.45, 2.75) is 38.0 Å². The number of anilines is 1. The zero-order chi connectivity index (χ0) is 18.8. The molecule has 0 spiro atoms. The summed E-state index contributed by atoms with van der Waals surface area (Å²) in [5.74, 6) is -1.24. The Balaban J connectivity index is 2.47. The van der Waals surface area contributed by atoms with Gasteiger partial charge in [-0.25, -0.2) is 8.42 Å². The number of nitrogens with zero attached hydrogens (tertiary/aromatic N) is 2. The smallest absolute Gasteiger partial charge is 0.324 e. The zero-order valence-corrected chi connectivity index (χ0v) is 15.5. The Hall–Kier alpha value is -2.41. The number of hydrogen-bond acceptors (Lipinski definition) is 4. The maximum Gasteiger partial charge on any atom is 0.324 e. The molecular formula is C18H22N2O4S. The standard InChI is InChI=1S/C18H22N2O4S/c1-13-5-8-15(11-19-13)20(12-17(21)22)25(23,24)16-9-6-14(7-10-16)18(2,3)4/h5-11H,12H2,1-4H3,(H,21,22). The summed E-state index contributed by atoms with van der Waals surface area (Å²) < 4.78 is 26.8. The van der Waals surface area contributed by atoms with E-state index in [-0.39, 0.29) is 16.0 Å². The molecule has 0 bridgehead atoms. The van der Waals surface area contributed by atoms with Crippen LogP contribution in [0.4, 0.5) is 5.69 Å². The van der Waals surface area contributed by atoms with Gasteiger partial charge in [-0.15, -0.1) is 0 Å². The largest absolute Gasteiger partial charge is 0.480 e. The first-order valence-electron chi connectivity index (χ1n) is 7.79. The molecule has 0 aliphatic carbocycles. The molecule has 0 unspecified atom stereocenters. The predicted molar refractivity (Wildman–Crippen MR) is 96.3 cm³/mol. The summed E-state index contributed by atoms with van der Waals surface area (Å²) >= 11 is 0. The normalized spacial score (nSPS) is 12.0. The van der Waals surface area contributed by atoms with Crippen molar-refractivity contribution in [1.82, 2.24) is 4.98 Å². The van der Waals surface area contributed by atoms with Gasteiger partial charge >= 0.3 is 5.97 Å². The first-order valence-corrected chi connectivity index (χ1v) is 9.23. The van der Waals surface area contributed by atoms with Crippen LogP contribution in [0.2, 0.25) is 0 Å². The van der Waals surface area contributed by atoms with E-state index >= 15 is 0 Å². The monoisotopic (exact) mass is 362 g/mol. The maximum atomic E-state index is 12.9. The molecule has 2 rings (SSSR count). The maximum absolute atomic E-state index is 12.9. The summed E-state index contributed by atoms with van der Waals surface area (Å²) in [7, 11) is -4.01. The molecule has 25 heavy (non-hydrogen) atoms. The van der Waals surface area contributed by atoms with Crippen LogP contribution in [-0.2, 0) is 20.2 Å². The van der Waals surface area contributed by atoms with Gasteiger partial charge in [0.2, 0.25) is 0 Å². The third-order valence-corrected chi connectivity index (χ3v) is 5.56. The SMILES string of the molecule is Cc1ccc(N(CC(=O)O)S(=O)(=O)c2ccc(C(C)(C)C)cc2)cn1. The first-order chi connectivity index (χ1) is 11.5. The van der Waals surface area contributed by atoms with Crippen molar-refractivity contribution in [3.8, 4) is 0 Å². The highest BCUT2D eigenvalue weighted by molar-refractivity contribution is 7.92. The molecule has 0 saturated carbocycles. The van der Waals surface area contributed by atoms with Gasteiger partial charge in [-0.05, 0) is 42.2 Å². The Morgan fingerprint density at radius 1 is 1.12 bits per heavy atom. The molecule has 0 aliphatic heterocycles. The number of pyridine rings is 1. The number of aromatic nitrogens is 1. The van der Waals surface area contributed by atoms with E-state index in [4.69, 9.17) is 5.11 Å². The van der Waals surface area contributed by atoms with Gasteiger partial charge in [0.25, 0.3) is 10.0 Å². The van der Waals surface area contributed by atoms with Gasteiger partial charge in [0.1, 0.15) is 6.54 Å². The van der Waals surface area contributed by atoms with E-state index in [2.05, 4.69) is 4.98 Å². The summed E-state index contributed by atoms with van der Waals surface area (Å²) in [6.07, 6.45) is 1.36. The van der Waals surface area contributed by atoms with Crippen LogP contribution in [-0.4, -0.2) is 31.0 Å². The van der Waals surface area contributed by atoms with Crippen molar-refractivity contribution in [2.75, 3.05) is 10.8 Å². The number of carbonyl (C=O) groups is 1. The van der Waals surface area contributed by atoms with E-state index in [1.54, 1.807) is 31.2 Å². The molecule has 134 valence electrons. The van der Waals surface area contributed by atoms with Gasteiger partial charge < -0.3 is 5.11 Å².